The molecule has 1 aliphatic rings. The maximum absolute atomic E-state index is 12.8. The zero-order chi connectivity index (χ0) is 18.4. The summed E-state index contributed by atoms with van der Waals surface area (Å²) in [7, 11) is 0. The van der Waals surface area contributed by atoms with Crippen LogP contribution in [-0.4, -0.2) is 30.0 Å². The highest BCUT2D eigenvalue weighted by atomic mass is 32.2. The Labute approximate surface area is 159 Å². The van der Waals surface area contributed by atoms with Gasteiger partial charge in [-0.1, -0.05) is 12.1 Å². The number of halogens is 1. The third-order valence-electron chi connectivity index (χ3n) is 3.71. The van der Waals surface area contributed by atoms with E-state index >= 15 is 0 Å². The smallest absolute Gasteiger partial charge is 0.338 e. The predicted molar refractivity (Wildman–Crippen MR) is 104 cm³/mol. The van der Waals surface area contributed by atoms with Crippen LogP contribution < -0.4 is 5.32 Å². The van der Waals surface area contributed by atoms with Crippen molar-refractivity contribution in [1.82, 2.24) is 0 Å². The van der Waals surface area contributed by atoms with Gasteiger partial charge in [0.05, 0.1) is 10.1 Å². The largest absolute Gasteiger partial charge is 0.452 e. The maximum Gasteiger partial charge on any atom is 0.338 e. The van der Waals surface area contributed by atoms with E-state index in [1.165, 1.54) is 36.2 Å². The van der Waals surface area contributed by atoms with Crippen molar-refractivity contribution in [2.45, 2.75) is 11.0 Å². The molecular weight excluding hydrogens is 373 g/mol. The predicted octanol–water partition coefficient (Wildman–Crippen LogP) is 4.49. The van der Waals surface area contributed by atoms with Crippen LogP contribution in [-0.2, 0) is 9.53 Å². The Hall–Kier alpha value is -1.99. The van der Waals surface area contributed by atoms with Crippen LogP contribution in [0.2, 0.25) is 0 Å². The number of hydrogen-bond acceptors (Lipinski definition) is 5. The molecule has 1 saturated heterocycles. The maximum atomic E-state index is 12.8. The molecule has 0 saturated carbocycles. The van der Waals surface area contributed by atoms with Crippen molar-refractivity contribution in [3.05, 3.63) is 65.5 Å². The van der Waals surface area contributed by atoms with E-state index in [1.54, 1.807) is 12.1 Å². The van der Waals surface area contributed by atoms with E-state index < -0.39 is 18.5 Å². The van der Waals surface area contributed by atoms with Gasteiger partial charge in [-0.15, -0.1) is 23.5 Å². The first-order chi connectivity index (χ1) is 12.6. The minimum atomic E-state index is -0.547. The van der Waals surface area contributed by atoms with Gasteiger partial charge in [-0.3, -0.25) is 4.79 Å². The number of nitrogens with one attached hydrogen (secondary N) is 1. The number of amides is 1. The van der Waals surface area contributed by atoms with Gasteiger partial charge >= 0.3 is 5.97 Å². The number of anilines is 1. The van der Waals surface area contributed by atoms with Gasteiger partial charge < -0.3 is 10.1 Å². The molecule has 1 aliphatic heterocycles. The quantitative estimate of drug-likeness (QED) is 0.761. The Morgan fingerprint density at radius 2 is 1.69 bits per heavy atom. The molecule has 0 radical (unpaired) electrons. The van der Waals surface area contributed by atoms with Crippen LogP contribution in [0, 0.1) is 5.82 Å². The van der Waals surface area contributed by atoms with E-state index in [1.807, 2.05) is 35.7 Å². The summed E-state index contributed by atoms with van der Waals surface area (Å²) in [6, 6.07) is 12.7. The molecule has 1 fully saturated rings. The van der Waals surface area contributed by atoms with Crippen molar-refractivity contribution in [3.8, 4) is 0 Å². The molecule has 1 N–H and O–H groups in total. The van der Waals surface area contributed by atoms with E-state index in [0.717, 1.165) is 11.5 Å². The summed E-state index contributed by atoms with van der Waals surface area (Å²) >= 11 is 3.83. The van der Waals surface area contributed by atoms with Crippen LogP contribution in [0.15, 0.2) is 48.5 Å². The molecule has 26 heavy (non-hydrogen) atoms. The summed E-state index contributed by atoms with van der Waals surface area (Å²) in [6.45, 7) is -0.397. The number of rotatable bonds is 5. The van der Waals surface area contributed by atoms with Gasteiger partial charge in [-0.05, 0) is 59.9 Å². The lowest BCUT2D eigenvalue weighted by Crippen LogP contribution is -2.20. The van der Waals surface area contributed by atoms with Crippen LogP contribution in [0.5, 0.6) is 0 Å². The van der Waals surface area contributed by atoms with Crippen molar-refractivity contribution < 1.29 is 18.7 Å². The first kappa shape index (κ1) is 18.8. The standard InChI is InChI=1S/C19H18FNO3S2/c20-15-6-8-16(9-7-15)21-17(22)12-24-18(23)13-2-4-14(5-3-13)19-25-10-1-11-26-19/h2-9,19H,1,10-12H2,(H,21,22). The van der Waals surface area contributed by atoms with Gasteiger partial charge in [0.2, 0.25) is 0 Å². The zero-order valence-electron chi connectivity index (χ0n) is 13.9. The van der Waals surface area contributed by atoms with Crippen molar-refractivity contribution in [1.29, 1.82) is 0 Å². The topological polar surface area (TPSA) is 55.4 Å². The fourth-order valence-electron chi connectivity index (χ4n) is 2.40. The third-order valence-corrected chi connectivity index (χ3v) is 6.72. The van der Waals surface area contributed by atoms with Crippen LogP contribution >= 0.6 is 23.5 Å². The van der Waals surface area contributed by atoms with E-state index in [0.29, 0.717) is 15.8 Å². The lowest BCUT2D eigenvalue weighted by molar-refractivity contribution is -0.119. The number of carbonyl (C=O) groups is 2. The zero-order valence-corrected chi connectivity index (χ0v) is 15.6. The highest BCUT2D eigenvalue weighted by Gasteiger charge is 2.17. The second-order valence-corrected chi connectivity index (χ2v) is 8.40. The van der Waals surface area contributed by atoms with E-state index in [4.69, 9.17) is 4.74 Å². The molecule has 1 amide bonds. The van der Waals surface area contributed by atoms with Gasteiger partial charge in [-0.25, -0.2) is 9.18 Å². The van der Waals surface area contributed by atoms with Crippen molar-refractivity contribution >= 4 is 41.1 Å². The highest BCUT2D eigenvalue weighted by Crippen LogP contribution is 2.43. The fraction of sp³-hybridized carbons (Fsp3) is 0.263. The second-order valence-electron chi connectivity index (χ2n) is 5.68. The summed E-state index contributed by atoms with van der Waals surface area (Å²) in [5, 5.41) is 2.54. The molecular formula is C19H18FNO3S2. The van der Waals surface area contributed by atoms with Crippen LogP contribution in [0.1, 0.15) is 26.9 Å². The Kier molecular flexibility index (Phi) is 6.57. The average molecular weight is 391 g/mol. The molecule has 0 unspecified atom stereocenters. The highest BCUT2D eigenvalue weighted by molar-refractivity contribution is 8.16. The molecule has 2 aromatic rings. The third kappa shape index (κ3) is 5.25. The second kappa shape index (κ2) is 9.09. The van der Waals surface area contributed by atoms with E-state index in [9.17, 15) is 14.0 Å². The van der Waals surface area contributed by atoms with Crippen LogP contribution in [0.4, 0.5) is 10.1 Å². The minimum Gasteiger partial charge on any atom is -0.452 e. The number of ether oxygens (including phenoxy) is 1. The Morgan fingerprint density at radius 1 is 1.04 bits per heavy atom. The Balaban J connectivity index is 1.49. The van der Waals surface area contributed by atoms with Gasteiger partial charge in [0.25, 0.3) is 5.91 Å². The molecule has 1 heterocycles. The Morgan fingerprint density at radius 3 is 2.35 bits per heavy atom. The number of thioether (sulfide) groups is 2. The molecule has 4 nitrogen and oxygen atoms in total. The molecule has 3 rings (SSSR count). The van der Waals surface area contributed by atoms with Crippen LogP contribution in [0.25, 0.3) is 0 Å². The summed E-state index contributed by atoms with van der Waals surface area (Å²) in [5.41, 5.74) is 2.04. The summed E-state index contributed by atoms with van der Waals surface area (Å²) in [6.07, 6.45) is 1.23. The molecule has 0 aromatic heterocycles. The normalized spacial score (nSPS) is 14.7. The Bertz CT molecular complexity index is 759. The van der Waals surface area contributed by atoms with Crippen molar-refractivity contribution in [2.75, 3.05) is 23.4 Å². The molecule has 2 aromatic carbocycles. The monoisotopic (exact) mass is 391 g/mol. The average Bonchev–Trinajstić information content (AvgIpc) is 2.69. The number of hydrogen-bond donors (Lipinski definition) is 1. The van der Waals surface area contributed by atoms with Gasteiger partial charge in [0.1, 0.15) is 5.82 Å². The molecule has 0 aliphatic carbocycles. The molecule has 7 heteroatoms. The SMILES string of the molecule is O=C(COC(=O)c1ccc(C2SCCCS2)cc1)Nc1ccc(F)cc1. The van der Waals surface area contributed by atoms with E-state index in [2.05, 4.69) is 5.32 Å². The van der Waals surface area contributed by atoms with E-state index in [-0.39, 0.29) is 5.82 Å². The lowest BCUT2D eigenvalue weighted by Gasteiger charge is -2.21. The van der Waals surface area contributed by atoms with Gasteiger partial charge in [0, 0.05) is 5.69 Å². The van der Waals surface area contributed by atoms with Crippen molar-refractivity contribution in [2.24, 2.45) is 0 Å². The minimum absolute atomic E-state index is 0.386. The molecule has 136 valence electrons. The summed E-state index contributed by atoms with van der Waals surface area (Å²) < 4.78 is 18.3. The lowest BCUT2D eigenvalue weighted by atomic mass is 10.1. The number of benzene rings is 2. The van der Waals surface area contributed by atoms with Gasteiger partial charge in [0.15, 0.2) is 6.61 Å². The van der Waals surface area contributed by atoms with Crippen molar-refractivity contribution in [3.63, 3.8) is 0 Å². The fourth-order valence-corrected chi connectivity index (χ4v) is 5.30. The van der Waals surface area contributed by atoms with Gasteiger partial charge in [-0.2, -0.15) is 0 Å². The molecule has 0 bridgehead atoms. The number of esters is 1. The van der Waals surface area contributed by atoms with Crippen LogP contribution in [0.3, 0.4) is 0 Å². The molecule has 0 atom stereocenters. The first-order valence-corrected chi connectivity index (χ1v) is 10.3. The summed E-state index contributed by atoms with van der Waals surface area (Å²) in [5.74, 6) is 0.907. The first-order valence-electron chi connectivity index (χ1n) is 8.17. The summed E-state index contributed by atoms with van der Waals surface area (Å²) in [4.78, 5) is 23.9. The number of carbonyl (C=O) groups excluding carboxylic acids is 2. The molecule has 0 spiro atoms.